The van der Waals surface area contributed by atoms with Crippen LogP contribution in [-0.4, -0.2) is 33.0 Å². The Kier molecular flexibility index (Phi) is 3.23. The monoisotopic (exact) mass is 273 g/mol. The number of carboxylic acids is 1. The molecule has 1 N–H and O–H groups in total. The van der Waals surface area contributed by atoms with Crippen LogP contribution in [0.15, 0.2) is 24.3 Å². The van der Waals surface area contributed by atoms with E-state index in [4.69, 9.17) is 9.84 Å². The van der Waals surface area contributed by atoms with Crippen LogP contribution >= 0.6 is 0 Å². The molecule has 1 aliphatic rings. The van der Waals surface area contributed by atoms with Crippen molar-refractivity contribution in [3.05, 3.63) is 41.5 Å². The zero-order valence-corrected chi connectivity index (χ0v) is 11.1. The molecule has 2 aromatic rings. The standard InChI is InChI=1S/C14H15N3O3/c1-20-8-10-4-2-3-5-11(10)17-13(9-6-7-9)15-12(16-17)14(18)19/h2-5,9H,6-8H2,1H3,(H,18,19). The summed E-state index contributed by atoms with van der Waals surface area (Å²) in [4.78, 5) is 15.2. The minimum Gasteiger partial charge on any atom is -0.475 e. The number of rotatable bonds is 5. The maximum atomic E-state index is 11.1. The highest BCUT2D eigenvalue weighted by Gasteiger charge is 2.31. The summed E-state index contributed by atoms with van der Waals surface area (Å²) in [5.41, 5.74) is 1.79. The number of benzene rings is 1. The molecule has 1 heterocycles. The molecule has 1 aromatic carbocycles. The van der Waals surface area contributed by atoms with Gasteiger partial charge in [-0.1, -0.05) is 18.2 Å². The Morgan fingerprint density at radius 3 is 2.85 bits per heavy atom. The van der Waals surface area contributed by atoms with Crippen LogP contribution in [0.1, 0.15) is 40.8 Å². The van der Waals surface area contributed by atoms with Gasteiger partial charge in [-0.2, -0.15) is 0 Å². The summed E-state index contributed by atoms with van der Waals surface area (Å²) in [6.07, 6.45) is 2.06. The average Bonchev–Trinajstić information content (AvgIpc) is 3.19. The van der Waals surface area contributed by atoms with Gasteiger partial charge in [-0.15, -0.1) is 5.10 Å². The first-order valence-electron chi connectivity index (χ1n) is 6.48. The summed E-state index contributed by atoms with van der Waals surface area (Å²) in [6.45, 7) is 0.447. The van der Waals surface area contributed by atoms with Crippen molar-refractivity contribution in [2.24, 2.45) is 0 Å². The first-order valence-corrected chi connectivity index (χ1v) is 6.48. The molecular formula is C14H15N3O3. The molecule has 0 radical (unpaired) electrons. The average molecular weight is 273 g/mol. The third kappa shape index (κ3) is 2.30. The molecule has 104 valence electrons. The molecule has 1 fully saturated rings. The van der Waals surface area contributed by atoms with Crippen molar-refractivity contribution < 1.29 is 14.6 Å². The molecule has 20 heavy (non-hydrogen) atoms. The van der Waals surface area contributed by atoms with E-state index in [0.717, 1.165) is 29.9 Å². The Bertz CT molecular complexity index is 647. The maximum absolute atomic E-state index is 11.1. The predicted octanol–water partition coefficient (Wildman–Crippen LogP) is 1.99. The third-order valence-electron chi connectivity index (χ3n) is 3.29. The van der Waals surface area contributed by atoms with Crippen LogP contribution in [0, 0.1) is 0 Å². The highest BCUT2D eigenvalue weighted by Crippen LogP contribution is 2.40. The van der Waals surface area contributed by atoms with Crippen molar-refractivity contribution in [3.63, 3.8) is 0 Å². The zero-order chi connectivity index (χ0) is 14.1. The molecule has 6 heteroatoms. The number of ether oxygens (including phenoxy) is 1. The number of nitrogens with zero attached hydrogens (tertiary/aromatic N) is 3. The van der Waals surface area contributed by atoms with Gasteiger partial charge in [0.05, 0.1) is 12.3 Å². The van der Waals surface area contributed by atoms with Crippen molar-refractivity contribution in [1.29, 1.82) is 0 Å². The number of carboxylic acid groups (broad SMARTS) is 1. The fourth-order valence-corrected chi connectivity index (χ4v) is 2.19. The molecule has 1 aromatic heterocycles. The van der Waals surface area contributed by atoms with E-state index in [1.807, 2.05) is 24.3 Å². The number of hydrogen-bond donors (Lipinski definition) is 1. The second kappa shape index (κ2) is 5.05. The van der Waals surface area contributed by atoms with E-state index in [-0.39, 0.29) is 5.82 Å². The number of hydrogen-bond acceptors (Lipinski definition) is 4. The molecule has 3 rings (SSSR count). The number of para-hydroxylation sites is 1. The lowest BCUT2D eigenvalue weighted by Crippen LogP contribution is -2.06. The van der Waals surface area contributed by atoms with Gasteiger partial charge in [0, 0.05) is 18.6 Å². The molecule has 0 amide bonds. The fraction of sp³-hybridized carbons (Fsp3) is 0.357. The van der Waals surface area contributed by atoms with E-state index >= 15 is 0 Å². The molecule has 1 aliphatic carbocycles. The molecule has 6 nitrogen and oxygen atoms in total. The Morgan fingerprint density at radius 1 is 1.45 bits per heavy atom. The zero-order valence-electron chi connectivity index (χ0n) is 11.1. The van der Waals surface area contributed by atoms with Crippen LogP contribution < -0.4 is 0 Å². The summed E-state index contributed by atoms with van der Waals surface area (Å²) in [5, 5.41) is 13.2. The summed E-state index contributed by atoms with van der Waals surface area (Å²) in [7, 11) is 1.63. The van der Waals surface area contributed by atoms with Crippen molar-refractivity contribution >= 4 is 5.97 Å². The van der Waals surface area contributed by atoms with Gasteiger partial charge in [-0.25, -0.2) is 14.5 Å². The largest absolute Gasteiger partial charge is 0.475 e. The lowest BCUT2D eigenvalue weighted by molar-refractivity contribution is 0.0683. The fourth-order valence-electron chi connectivity index (χ4n) is 2.19. The van der Waals surface area contributed by atoms with Crippen LogP contribution in [0.2, 0.25) is 0 Å². The molecule has 0 saturated heterocycles. The van der Waals surface area contributed by atoms with Gasteiger partial charge >= 0.3 is 5.97 Å². The highest BCUT2D eigenvalue weighted by atomic mass is 16.5. The minimum absolute atomic E-state index is 0.154. The van der Waals surface area contributed by atoms with Crippen LogP contribution in [0.5, 0.6) is 0 Å². The van der Waals surface area contributed by atoms with Crippen LogP contribution in [0.3, 0.4) is 0 Å². The molecule has 0 bridgehead atoms. The van der Waals surface area contributed by atoms with Crippen LogP contribution in [0.25, 0.3) is 5.69 Å². The number of carbonyl (C=O) groups is 1. The molecule has 0 atom stereocenters. The van der Waals surface area contributed by atoms with E-state index in [0.29, 0.717) is 12.5 Å². The summed E-state index contributed by atoms with van der Waals surface area (Å²) >= 11 is 0. The predicted molar refractivity (Wildman–Crippen MR) is 71.0 cm³/mol. The van der Waals surface area contributed by atoms with E-state index in [1.54, 1.807) is 11.8 Å². The van der Waals surface area contributed by atoms with E-state index in [1.165, 1.54) is 0 Å². The van der Waals surface area contributed by atoms with Crippen molar-refractivity contribution in [3.8, 4) is 5.69 Å². The van der Waals surface area contributed by atoms with Crippen molar-refractivity contribution in [2.75, 3.05) is 7.11 Å². The van der Waals surface area contributed by atoms with E-state index < -0.39 is 5.97 Å². The van der Waals surface area contributed by atoms with E-state index in [2.05, 4.69) is 10.1 Å². The molecule has 0 unspecified atom stereocenters. The second-order valence-electron chi connectivity index (χ2n) is 4.85. The SMILES string of the molecule is COCc1ccccc1-n1nc(C(=O)O)nc1C1CC1. The number of methoxy groups -OCH3 is 1. The molecule has 0 spiro atoms. The molecule has 1 saturated carbocycles. The van der Waals surface area contributed by atoms with Gasteiger partial charge in [-0.05, 0) is 18.9 Å². The topological polar surface area (TPSA) is 77.2 Å². The lowest BCUT2D eigenvalue weighted by atomic mass is 10.2. The maximum Gasteiger partial charge on any atom is 0.375 e. The Morgan fingerprint density at radius 2 is 2.20 bits per heavy atom. The quantitative estimate of drug-likeness (QED) is 0.901. The van der Waals surface area contributed by atoms with Crippen LogP contribution in [0.4, 0.5) is 0 Å². The van der Waals surface area contributed by atoms with Gasteiger partial charge in [0.1, 0.15) is 5.82 Å². The first-order chi connectivity index (χ1) is 9.70. The summed E-state index contributed by atoms with van der Waals surface area (Å²) < 4.78 is 6.83. The van der Waals surface area contributed by atoms with Gasteiger partial charge in [-0.3, -0.25) is 0 Å². The third-order valence-corrected chi connectivity index (χ3v) is 3.29. The number of aromatic carboxylic acids is 1. The van der Waals surface area contributed by atoms with Crippen molar-refractivity contribution in [2.45, 2.75) is 25.4 Å². The smallest absolute Gasteiger partial charge is 0.375 e. The van der Waals surface area contributed by atoms with Gasteiger partial charge < -0.3 is 9.84 Å². The number of aromatic nitrogens is 3. The Balaban J connectivity index is 2.11. The molecule has 0 aliphatic heterocycles. The van der Waals surface area contributed by atoms with Gasteiger partial charge in [0.15, 0.2) is 0 Å². The summed E-state index contributed by atoms with van der Waals surface area (Å²) in [5.74, 6) is -0.217. The van der Waals surface area contributed by atoms with Gasteiger partial charge in [0.2, 0.25) is 0 Å². The Hall–Kier alpha value is -2.21. The highest BCUT2D eigenvalue weighted by molar-refractivity contribution is 5.83. The van der Waals surface area contributed by atoms with Crippen LogP contribution in [-0.2, 0) is 11.3 Å². The molecular weight excluding hydrogens is 258 g/mol. The minimum atomic E-state index is -1.10. The normalized spacial score (nSPS) is 14.4. The van der Waals surface area contributed by atoms with Gasteiger partial charge in [0.25, 0.3) is 5.82 Å². The second-order valence-corrected chi connectivity index (χ2v) is 4.85. The summed E-state index contributed by atoms with van der Waals surface area (Å²) in [6, 6.07) is 7.66. The first kappa shape index (κ1) is 12.8. The van der Waals surface area contributed by atoms with Crippen molar-refractivity contribution in [1.82, 2.24) is 14.8 Å². The Labute approximate surface area is 116 Å². The lowest BCUT2D eigenvalue weighted by Gasteiger charge is -2.10. The van der Waals surface area contributed by atoms with E-state index in [9.17, 15) is 4.79 Å².